The third kappa shape index (κ3) is 11.1. The number of ether oxygens (including phenoxy) is 2. The number of nitrogens with zero attached hydrogens (tertiary/aromatic N) is 3. The first kappa shape index (κ1) is 32.6. The summed E-state index contributed by atoms with van der Waals surface area (Å²) in [6.07, 6.45) is -2.07. The summed E-state index contributed by atoms with van der Waals surface area (Å²) in [5.74, 6) is -2.19. The monoisotopic (exact) mass is 618 g/mol. The second-order valence-corrected chi connectivity index (χ2v) is 9.47. The van der Waals surface area contributed by atoms with Gasteiger partial charge in [-0.05, 0) is 54.4 Å². The number of amidine groups is 2. The van der Waals surface area contributed by atoms with Crippen molar-refractivity contribution >= 4 is 47.0 Å². The van der Waals surface area contributed by atoms with Gasteiger partial charge in [0, 0.05) is 11.3 Å². The van der Waals surface area contributed by atoms with Gasteiger partial charge in [0.1, 0.15) is 5.75 Å². The largest absolute Gasteiger partial charge is 0.573 e. The first-order chi connectivity index (χ1) is 20.4. The standard InChI is InChI=1S/C28H26F4N6O4S/c1-17(20-7-12-24(41-2)23(29)13-20)37-27(43-15-25(39)40)38-36-14-18-3-5-19(6-4-18)26(33)35-16-34-21-8-10-22(11-9-21)42-28(30,31)32/h3-14,16-17H,15H2,1-2H3,(H,37,38)(H,39,40)(H2,33,34,35)/b36-14+. The smallest absolute Gasteiger partial charge is 0.494 e. The van der Waals surface area contributed by atoms with Crippen LogP contribution in [-0.4, -0.2) is 53.9 Å². The number of carbonyl (C=O) groups is 1. The number of aliphatic imine (C=N–C) groups is 2. The van der Waals surface area contributed by atoms with Gasteiger partial charge in [-0.1, -0.05) is 42.1 Å². The zero-order chi connectivity index (χ0) is 31.4. The number of methoxy groups -OCH3 is 1. The number of halogens is 4. The van der Waals surface area contributed by atoms with E-state index in [1.807, 2.05) is 0 Å². The molecule has 0 aromatic heterocycles. The molecule has 0 saturated heterocycles. The molecule has 3 aromatic carbocycles. The molecule has 0 radical (unpaired) electrons. The number of thioether (sulfide) groups is 1. The quantitative estimate of drug-likeness (QED) is 0.0887. The molecule has 0 amide bonds. The van der Waals surface area contributed by atoms with Crippen LogP contribution in [0.2, 0.25) is 0 Å². The molecule has 4 N–H and O–H groups in total. The lowest BCUT2D eigenvalue weighted by Gasteiger charge is -2.11. The van der Waals surface area contributed by atoms with Crippen LogP contribution >= 0.6 is 11.8 Å². The summed E-state index contributed by atoms with van der Waals surface area (Å²) >= 11 is 0.921. The molecule has 0 saturated carbocycles. The van der Waals surface area contributed by atoms with Crippen molar-refractivity contribution in [2.75, 3.05) is 18.2 Å². The van der Waals surface area contributed by atoms with E-state index < -0.39 is 24.2 Å². The van der Waals surface area contributed by atoms with Crippen LogP contribution in [0.1, 0.15) is 29.7 Å². The Balaban J connectivity index is 1.58. The molecule has 0 fully saturated rings. The molecule has 15 heteroatoms. The van der Waals surface area contributed by atoms with E-state index in [1.54, 1.807) is 37.3 Å². The zero-order valence-corrected chi connectivity index (χ0v) is 23.5. The van der Waals surface area contributed by atoms with Gasteiger partial charge < -0.3 is 19.9 Å². The Morgan fingerprint density at radius 2 is 1.81 bits per heavy atom. The molecule has 1 atom stereocenters. The highest BCUT2D eigenvalue weighted by Crippen LogP contribution is 2.25. The summed E-state index contributed by atoms with van der Waals surface area (Å²) in [4.78, 5) is 19.5. The summed E-state index contributed by atoms with van der Waals surface area (Å²) in [5.41, 5.74) is 4.86. The molecule has 10 nitrogen and oxygen atoms in total. The van der Waals surface area contributed by atoms with Gasteiger partial charge in [-0.25, -0.2) is 9.38 Å². The molecule has 0 aliphatic carbocycles. The second-order valence-electron chi connectivity index (χ2n) is 8.50. The zero-order valence-electron chi connectivity index (χ0n) is 22.7. The Kier molecular flexibility index (Phi) is 11.6. The summed E-state index contributed by atoms with van der Waals surface area (Å²) in [5, 5.41) is 24.3. The van der Waals surface area contributed by atoms with Crippen molar-refractivity contribution in [3.63, 3.8) is 0 Å². The van der Waals surface area contributed by atoms with Crippen molar-refractivity contribution in [3.05, 3.63) is 89.2 Å². The summed E-state index contributed by atoms with van der Waals surface area (Å²) in [7, 11) is 1.36. The van der Waals surface area contributed by atoms with E-state index in [4.69, 9.17) is 15.3 Å². The number of hydrogen-bond acceptors (Lipinski definition) is 7. The Hall–Kier alpha value is -4.92. The van der Waals surface area contributed by atoms with Gasteiger partial charge >= 0.3 is 12.3 Å². The fourth-order valence-electron chi connectivity index (χ4n) is 3.31. The van der Waals surface area contributed by atoms with E-state index in [0.717, 1.165) is 23.9 Å². The fraction of sp³-hybridized carbons (Fsp3) is 0.179. The first-order valence-corrected chi connectivity index (χ1v) is 13.3. The SMILES string of the molecule is COc1ccc(C(C)/N=C(/N/N=C/c2ccc(C(=N)/N=C\Nc3ccc(OC(F)(F)F)cc3)cc2)SCC(=O)O)cc1F. The van der Waals surface area contributed by atoms with Gasteiger partial charge in [0.15, 0.2) is 22.6 Å². The second kappa shape index (κ2) is 15.3. The first-order valence-electron chi connectivity index (χ1n) is 12.3. The number of aliphatic carboxylic acids is 1. The van der Waals surface area contributed by atoms with E-state index in [2.05, 4.69) is 30.6 Å². The van der Waals surface area contributed by atoms with Crippen molar-refractivity contribution in [1.29, 1.82) is 5.41 Å². The molecule has 3 aromatic rings. The molecule has 3 rings (SSSR count). The number of rotatable bonds is 11. The molecular formula is C28H26F4N6O4S. The lowest BCUT2D eigenvalue weighted by atomic mass is 10.1. The van der Waals surface area contributed by atoms with E-state index >= 15 is 0 Å². The number of anilines is 1. The minimum atomic E-state index is -4.78. The lowest BCUT2D eigenvalue weighted by molar-refractivity contribution is -0.274. The van der Waals surface area contributed by atoms with Crippen LogP contribution in [0.15, 0.2) is 81.8 Å². The molecule has 226 valence electrons. The maximum atomic E-state index is 14.1. The van der Waals surface area contributed by atoms with E-state index in [-0.39, 0.29) is 28.3 Å². The molecule has 0 heterocycles. The molecular weight excluding hydrogens is 592 g/mol. The Morgan fingerprint density at radius 1 is 1.12 bits per heavy atom. The van der Waals surface area contributed by atoms with Gasteiger partial charge in [0.25, 0.3) is 0 Å². The Morgan fingerprint density at radius 3 is 2.42 bits per heavy atom. The maximum Gasteiger partial charge on any atom is 0.573 e. The molecule has 0 bridgehead atoms. The van der Waals surface area contributed by atoms with Crippen molar-refractivity contribution in [2.45, 2.75) is 19.3 Å². The number of nitrogens with one attached hydrogen (secondary N) is 3. The predicted octanol–water partition coefficient (Wildman–Crippen LogP) is 6.06. The van der Waals surface area contributed by atoms with Crippen molar-refractivity contribution in [1.82, 2.24) is 5.43 Å². The van der Waals surface area contributed by atoms with Crippen molar-refractivity contribution < 1.29 is 36.9 Å². The molecule has 43 heavy (non-hydrogen) atoms. The summed E-state index contributed by atoms with van der Waals surface area (Å²) < 4.78 is 59.6. The summed E-state index contributed by atoms with van der Waals surface area (Å²) in [6, 6.07) is 15.6. The van der Waals surface area contributed by atoms with Crippen LogP contribution < -0.4 is 20.2 Å². The van der Waals surface area contributed by atoms with Gasteiger partial charge in [-0.2, -0.15) is 5.10 Å². The van der Waals surface area contributed by atoms with Crippen LogP contribution in [0.3, 0.4) is 0 Å². The fourth-order valence-corrected chi connectivity index (χ4v) is 3.92. The van der Waals surface area contributed by atoms with Crippen molar-refractivity contribution in [2.24, 2.45) is 15.1 Å². The van der Waals surface area contributed by atoms with Gasteiger partial charge in [0.2, 0.25) is 0 Å². The molecule has 0 spiro atoms. The number of carboxylic acid groups (broad SMARTS) is 1. The molecule has 0 aliphatic heterocycles. The number of carboxylic acids is 1. The highest BCUT2D eigenvalue weighted by atomic mass is 32.2. The molecule has 0 aliphatic rings. The minimum Gasteiger partial charge on any atom is -0.494 e. The number of alkyl halides is 3. The van der Waals surface area contributed by atoms with Crippen molar-refractivity contribution in [3.8, 4) is 11.5 Å². The highest BCUT2D eigenvalue weighted by molar-refractivity contribution is 8.14. The van der Waals surface area contributed by atoms with E-state index in [1.165, 1.54) is 43.9 Å². The Bertz CT molecular complexity index is 1500. The Labute approximate surface area is 248 Å². The lowest BCUT2D eigenvalue weighted by Crippen LogP contribution is -2.17. The van der Waals surface area contributed by atoms with Crippen LogP contribution in [0.5, 0.6) is 11.5 Å². The average molecular weight is 619 g/mol. The van der Waals surface area contributed by atoms with E-state index in [9.17, 15) is 22.4 Å². The van der Waals surface area contributed by atoms with Gasteiger partial charge in [0.05, 0.1) is 31.5 Å². The third-order valence-corrected chi connectivity index (χ3v) is 6.23. The van der Waals surface area contributed by atoms with Crippen LogP contribution in [0, 0.1) is 11.2 Å². The van der Waals surface area contributed by atoms with Gasteiger partial charge in [-0.3, -0.25) is 20.6 Å². The van der Waals surface area contributed by atoms with Crippen LogP contribution in [-0.2, 0) is 4.79 Å². The molecule has 1 unspecified atom stereocenters. The van der Waals surface area contributed by atoms with E-state index in [0.29, 0.717) is 22.4 Å². The summed E-state index contributed by atoms with van der Waals surface area (Å²) in [6.45, 7) is 1.73. The topological polar surface area (TPSA) is 141 Å². The number of hydrazone groups is 1. The maximum absolute atomic E-state index is 14.1. The average Bonchev–Trinajstić information content (AvgIpc) is 2.96. The van der Waals surface area contributed by atoms with Gasteiger partial charge in [-0.15, -0.1) is 13.2 Å². The van der Waals surface area contributed by atoms with Crippen LogP contribution in [0.4, 0.5) is 23.2 Å². The number of benzene rings is 3. The predicted molar refractivity (Wildman–Crippen MR) is 158 cm³/mol. The van der Waals surface area contributed by atoms with Crippen LogP contribution in [0.25, 0.3) is 0 Å². The normalized spacial score (nSPS) is 12.7. The highest BCUT2D eigenvalue weighted by Gasteiger charge is 2.30. The number of hydrogen-bond donors (Lipinski definition) is 4. The minimum absolute atomic E-state index is 0.0745. The third-order valence-electron chi connectivity index (χ3n) is 5.37.